The van der Waals surface area contributed by atoms with Gasteiger partial charge in [-0.25, -0.2) is 4.98 Å². The average molecular weight is 160 g/mol. The number of nitrogens with one attached hydrogen (secondary N) is 1. The maximum absolute atomic E-state index is 8.71. The summed E-state index contributed by atoms with van der Waals surface area (Å²) < 4.78 is 0. The fourth-order valence-electron chi connectivity index (χ4n) is 0.939. The molecule has 0 spiro atoms. The van der Waals surface area contributed by atoms with Gasteiger partial charge in [0.1, 0.15) is 11.7 Å². The number of aromatic amines is 1. The highest BCUT2D eigenvalue weighted by molar-refractivity contribution is 5.08. The van der Waals surface area contributed by atoms with E-state index in [2.05, 4.69) is 16.0 Å². The number of rotatable bonds is 3. The van der Waals surface area contributed by atoms with Crippen LogP contribution in [0.5, 0.6) is 0 Å². The number of H-pyrrole nitrogens is 1. The van der Waals surface area contributed by atoms with Gasteiger partial charge in [-0.1, -0.05) is 0 Å². The van der Waals surface area contributed by atoms with Crippen LogP contribution in [0.1, 0.15) is 24.6 Å². The molecule has 4 nitrogen and oxygen atoms in total. The van der Waals surface area contributed by atoms with E-state index in [-0.39, 0.29) is 5.92 Å². The van der Waals surface area contributed by atoms with Crippen molar-refractivity contribution >= 4 is 0 Å². The SMILES string of the molecule is N#CCCC(C#N)c1ncc[nH]1. The molecule has 4 heteroatoms. The summed E-state index contributed by atoms with van der Waals surface area (Å²) in [4.78, 5) is 6.81. The monoisotopic (exact) mass is 160 g/mol. The molecule has 0 aliphatic heterocycles. The maximum Gasteiger partial charge on any atom is 0.123 e. The highest BCUT2D eigenvalue weighted by Crippen LogP contribution is 2.15. The zero-order chi connectivity index (χ0) is 8.81. The second-order valence-electron chi connectivity index (χ2n) is 2.35. The lowest BCUT2D eigenvalue weighted by Crippen LogP contribution is -1.97. The molecule has 1 unspecified atom stereocenters. The van der Waals surface area contributed by atoms with E-state index in [9.17, 15) is 0 Å². The summed E-state index contributed by atoms with van der Waals surface area (Å²) in [6.45, 7) is 0. The summed E-state index contributed by atoms with van der Waals surface area (Å²) in [5.41, 5.74) is 0. The van der Waals surface area contributed by atoms with Crippen LogP contribution in [0.3, 0.4) is 0 Å². The van der Waals surface area contributed by atoms with E-state index >= 15 is 0 Å². The molecule has 1 rings (SSSR count). The largest absolute Gasteiger partial charge is 0.347 e. The van der Waals surface area contributed by atoms with Gasteiger partial charge in [0.2, 0.25) is 0 Å². The van der Waals surface area contributed by atoms with Crippen molar-refractivity contribution in [3.63, 3.8) is 0 Å². The van der Waals surface area contributed by atoms with Crippen molar-refractivity contribution in [2.45, 2.75) is 18.8 Å². The van der Waals surface area contributed by atoms with E-state index in [1.807, 2.05) is 6.07 Å². The molecule has 1 atom stereocenters. The van der Waals surface area contributed by atoms with Crippen molar-refractivity contribution in [1.82, 2.24) is 9.97 Å². The Morgan fingerprint density at radius 3 is 2.92 bits per heavy atom. The molecular weight excluding hydrogens is 152 g/mol. The first-order valence-electron chi connectivity index (χ1n) is 3.64. The van der Waals surface area contributed by atoms with Crippen LogP contribution in [0, 0.1) is 22.7 Å². The molecule has 0 radical (unpaired) electrons. The van der Waals surface area contributed by atoms with Crippen LogP contribution in [0.4, 0.5) is 0 Å². The zero-order valence-corrected chi connectivity index (χ0v) is 6.49. The van der Waals surface area contributed by atoms with E-state index in [0.29, 0.717) is 18.7 Å². The number of hydrogen-bond acceptors (Lipinski definition) is 3. The van der Waals surface area contributed by atoms with Gasteiger partial charge < -0.3 is 4.98 Å². The summed E-state index contributed by atoms with van der Waals surface area (Å²) in [5.74, 6) is 0.368. The second kappa shape index (κ2) is 4.15. The Bertz CT molecular complexity index is 301. The van der Waals surface area contributed by atoms with Gasteiger partial charge in [0.15, 0.2) is 0 Å². The highest BCUT2D eigenvalue weighted by atomic mass is 14.9. The standard InChI is InChI=1S/C8H8N4/c9-3-1-2-7(6-10)8-11-4-5-12-8/h4-5,7H,1-2H2,(H,11,12). The number of nitriles is 2. The molecule has 1 heterocycles. The average Bonchev–Trinajstić information content (AvgIpc) is 2.59. The van der Waals surface area contributed by atoms with Gasteiger partial charge in [0.05, 0.1) is 12.1 Å². The molecule has 1 N–H and O–H groups in total. The lowest BCUT2D eigenvalue weighted by molar-refractivity contribution is 0.726. The van der Waals surface area contributed by atoms with Crippen molar-refractivity contribution in [2.75, 3.05) is 0 Å². The number of imidazole rings is 1. The van der Waals surface area contributed by atoms with E-state index < -0.39 is 0 Å². The number of aromatic nitrogens is 2. The summed E-state index contributed by atoms with van der Waals surface area (Å²) in [6, 6.07) is 4.10. The maximum atomic E-state index is 8.71. The third-order valence-corrected chi connectivity index (χ3v) is 1.55. The van der Waals surface area contributed by atoms with Crippen molar-refractivity contribution < 1.29 is 0 Å². The molecule has 0 aromatic carbocycles. The Balaban J connectivity index is 2.60. The minimum atomic E-state index is -0.278. The Hall–Kier alpha value is -1.81. The van der Waals surface area contributed by atoms with Crippen LogP contribution >= 0.6 is 0 Å². The van der Waals surface area contributed by atoms with Crippen molar-refractivity contribution in [3.8, 4) is 12.1 Å². The normalized spacial score (nSPS) is 11.5. The Kier molecular flexibility index (Phi) is 2.87. The first-order valence-corrected chi connectivity index (χ1v) is 3.64. The fourth-order valence-corrected chi connectivity index (χ4v) is 0.939. The van der Waals surface area contributed by atoms with Crippen molar-refractivity contribution in [1.29, 1.82) is 10.5 Å². The quantitative estimate of drug-likeness (QED) is 0.724. The molecule has 1 aromatic rings. The topological polar surface area (TPSA) is 76.3 Å². The van der Waals surface area contributed by atoms with Gasteiger partial charge in [0, 0.05) is 18.8 Å². The van der Waals surface area contributed by atoms with Gasteiger partial charge >= 0.3 is 0 Å². The third-order valence-electron chi connectivity index (χ3n) is 1.55. The molecule has 60 valence electrons. The Morgan fingerprint density at radius 1 is 1.58 bits per heavy atom. The van der Waals surface area contributed by atoms with Crippen LogP contribution < -0.4 is 0 Å². The van der Waals surface area contributed by atoms with Crippen molar-refractivity contribution in [3.05, 3.63) is 18.2 Å². The lowest BCUT2D eigenvalue weighted by Gasteiger charge is -2.00. The molecule has 0 aliphatic carbocycles. The predicted molar refractivity (Wildman–Crippen MR) is 41.8 cm³/mol. The number of nitrogens with zero attached hydrogens (tertiary/aromatic N) is 3. The molecule has 1 aromatic heterocycles. The Morgan fingerprint density at radius 2 is 2.42 bits per heavy atom. The summed E-state index contributed by atoms with van der Waals surface area (Å²) >= 11 is 0. The predicted octanol–water partition coefficient (Wildman–Crippen LogP) is 1.32. The first-order chi connectivity index (χ1) is 5.88. The Labute approximate surface area is 70.5 Å². The van der Waals surface area contributed by atoms with Crippen molar-refractivity contribution in [2.24, 2.45) is 0 Å². The van der Waals surface area contributed by atoms with E-state index in [1.165, 1.54) is 0 Å². The third kappa shape index (κ3) is 1.83. The van der Waals surface area contributed by atoms with Crippen LogP contribution in [0.2, 0.25) is 0 Å². The molecule has 0 bridgehead atoms. The van der Waals surface area contributed by atoms with Gasteiger partial charge in [0.25, 0.3) is 0 Å². The fraction of sp³-hybridized carbons (Fsp3) is 0.375. The minimum absolute atomic E-state index is 0.278. The van der Waals surface area contributed by atoms with Crippen LogP contribution in [-0.4, -0.2) is 9.97 Å². The van der Waals surface area contributed by atoms with Gasteiger partial charge in [-0.15, -0.1) is 0 Å². The first kappa shape index (κ1) is 8.29. The second-order valence-corrected chi connectivity index (χ2v) is 2.35. The molecule has 0 amide bonds. The van der Waals surface area contributed by atoms with Crippen LogP contribution in [0.25, 0.3) is 0 Å². The minimum Gasteiger partial charge on any atom is -0.347 e. The van der Waals surface area contributed by atoms with E-state index in [1.54, 1.807) is 12.4 Å². The van der Waals surface area contributed by atoms with Gasteiger partial charge in [-0.3, -0.25) is 0 Å². The summed E-state index contributed by atoms with van der Waals surface area (Å²) in [5, 5.41) is 17.0. The summed E-state index contributed by atoms with van der Waals surface area (Å²) in [6.07, 6.45) is 4.21. The molecule has 0 saturated heterocycles. The molecule has 0 fully saturated rings. The zero-order valence-electron chi connectivity index (χ0n) is 6.49. The summed E-state index contributed by atoms with van der Waals surface area (Å²) in [7, 11) is 0. The van der Waals surface area contributed by atoms with Crippen LogP contribution in [-0.2, 0) is 0 Å². The van der Waals surface area contributed by atoms with Gasteiger partial charge in [-0.05, 0) is 6.42 Å². The van der Waals surface area contributed by atoms with E-state index in [4.69, 9.17) is 10.5 Å². The molecule has 12 heavy (non-hydrogen) atoms. The van der Waals surface area contributed by atoms with E-state index in [0.717, 1.165) is 0 Å². The molecule has 0 aliphatic rings. The molecule has 0 saturated carbocycles. The van der Waals surface area contributed by atoms with Crippen LogP contribution in [0.15, 0.2) is 12.4 Å². The van der Waals surface area contributed by atoms with Gasteiger partial charge in [-0.2, -0.15) is 10.5 Å². The smallest absolute Gasteiger partial charge is 0.123 e. The highest BCUT2D eigenvalue weighted by Gasteiger charge is 2.11. The lowest BCUT2D eigenvalue weighted by atomic mass is 10.1. The number of hydrogen-bond donors (Lipinski definition) is 1. The molecular formula is C8H8N4.